The van der Waals surface area contributed by atoms with Crippen LogP contribution in [0.2, 0.25) is 15.1 Å². The van der Waals surface area contributed by atoms with Crippen molar-refractivity contribution in [2.45, 2.75) is 45.2 Å². The Hall–Kier alpha value is -1.82. The summed E-state index contributed by atoms with van der Waals surface area (Å²) >= 11 is 19.1. The van der Waals surface area contributed by atoms with Crippen LogP contribution < -0.4 is 4.90 Å². The van der Waals surface area contributed by atoms with Crippen LogP contribution in [0.25, 0.3) is 11.0 Å². The van der Waals surface area contributed by atoms with E-state index in [1.54, 1.807) is 6.07 Å². The van der Waals surface area contributed by atoms with Gasteiger partial charge >= 0.3 is 0 Å². The molecule has 0 bridgehead atoms. The SMILES string of the molecule is CCC(CC)(N=O)c1ccc(Cl)c2nc3n(c12)CCCN3c1ccc(Cl)cc1Cl. The van der Waals surface area contributed by atoms with Crippen LogP contribution in [0.15, 0.2) is 35.5 Å². The smallest absolute Gasteiger partial charge is 0.211 e. The monoisotopic (exact) mass is 450 g/mol. The van der Waals surface area contributed by atoms with Gasteiger partial charge < -0.3 is 9.47 Å². The molecule has 1 aliphatic heterocycles. The van der Waals surface area contributed by atoms with Crippen LogP contribution in [0, 0.1) is 4.91 Å². The fourth-order valence-corrected chi connectivity index (χ4v) is 4.92. The highest BCUT2D eigenvalue weighted by molar-refractivity contribution is 6.36. The van der Waals surface area contributed by atoms with Gasteiger partial charge in [-0.2, -0.15) is 0 Å². The van der Waals surface area contributed by atoms with E-state index in [9.17, 15) is 4.91 Å². The predicted molar refractivity (Wildman–Crippen MR) is 121 cm³/mol. The van der Waals surface area contributed by atoms with Crippen LogP contribution in [-0.4, -0.2) is 16.1 Å². The van der Waals surface area contributed by atoms with Crippen LogP contribution in [0.4, 0.5) is 11.6 Å². The summed E-state index contributed by atoms with van der Waals surface area (Å²) in [4.78, 5) is 18.9. The number of aromatic nitrogens is 2. The minimum atomic E-state index is -0.806. The van der Waals surface area contributed by atoms with Gasteiger partial charge in [0.05, 0.1) is 21.2 Å². The van der Waals surface area contributed by atoms with E-state index in [1.165, 1.54) is 0 Å². The Kier molecular flexibility index (Phi) is 5.49. The molecule has 0 aliphatic carbocycles. The molecule has 5 nitrogen and oxygen atoms in total. The Morgan fingerprint density at radius 2 is 1.83 bits per heavy atom. The summed E-state index contributed by atoms with van der Waals surface area (Å²) in [5.74, 6) is 0.761. The second-order valence-electron chi connectivity index (χ2n) is 7.29. The lowest BCUT2D eigenvalue weighted by Crippen LogP contribution is -2.29. The second kappa shape index (κ2) is 7.78. The van der Waals surface area contributed by atoms with Crippen molar-refractivity contribution < 1.29 is 0 Å². The van der Waals surface area contributed by atoms with Gasteiger partial charge in [-0.15, -0.1) is 4.91 Å². The van der Waals surface area contributed by atoms with E-state index >= 15 is 0 Å². The van der Waals surface area contributed by atoms with Gasteiger partial charge in [0.25, 0.3) is 0 Å². The molecule has 1 aromatic heterocycles. The van der Waals surface area contributed by atoms with Gasteiger partial charge in [-0.3, -0.25) is 0 Å². The maximum Gasteiger partial charge on any atom is 0.211 e. The Balaban J connectivity index is 1.99. The number of hydrogen-bond acceptors (Lipinski definition) is 4. The summed E-state index contributed by atoms with van der Waals surface area (Å²) in [6.45, 7) is 5.52. The number of halogens is 3. The van der Waals surface area contributed by atoms with E-state index in [0.717, 1.165) is 42.2 Å². The van der Waals surface area contributed by atoms with Crippen molar-refractivity contribution in [3.8, 4) is 0 Å². The molecular formula is C21H21Cl3N4O. The van der Waals surface area contributed by atoms with Crippen molar-refractivity contribution in [2.75, 3.05) is 11.4 Å². The predicted octanol–water partition coefficient (Wildman–Crippen LogP) is 7.32. The Morgan fingerprint density at radius 3 is 2.48 bits per heavy atom. The summed E-state index contributed by atoms with van der Waals surface area (Å²) in [6, 6.07) is 9.18. The fraction of sp³-hybridized carbons (Fsp3) is 0.381. The van der Waals surface area contributed by atoms with Gasteiger partial charge in [-0.25, -0.2) is 4.98 Å². The van der Waals surface area contributed by atoms with Crippen molar-refractivity contribution in [3.63, 3.8) is 0 Å². The molecule has 4 rings (SSSR count). The van der Waals surface area contributed by atoms with Crippen molar-refractivity contribution in [2.24, 2.45) is 5.18 Å². The summed E-state index contributed by atoms with van der Waals surface area (Å²) < 4.78 is 2.14. The molecule has 2 heterocycles. The van der Waals surface area contributed by atoms with Crippen LogP contribution in [0.5, 0.6) is 0 Å². The number of benzene rings is 2. The van der Waals surface area contributed by atoms with Gasteiger partial charge in [0.15, 0.2) is 0 Å². The van der Waals surface area contributed by atoms with E-state index in [1.807, 2.05) is 38.1 Å². The molecule has 0 saturated heterocycles. The van der Waals surface area contributed by atoms with Crippen LogP contribution in [0.3, 0.4) is 0 Å². The minimum absolute atomic E-state index is 0.555. The van der Waals surface area contributed by atoms with Crippen molar-refractivity contribution >= 4 is 57.5 Å². The maximum absolute atomic E-state index is 11.9. The summed E-state index contributed by atoms with van der Waals surface area (Å²) in [5, 5.41) is 5.26. The number of anilines is 2. The highest BCUT2D eigenvalue weighted by Gasteiger charge is 2.35. The molecule has 8 heteroatoms. The van der Waals surface area contributed by atoms with E-state index in [2.05, 4.69) is 14.6 Å². The van der Waals surface area contributed by atoms with E-state index in [0.29, 0.717) is 33.4 Å². The summed E-state index contributed by atoms with van der Waals surface area (Å²) in [5.41, 5.74) is 2.48. The summed E-state index contributed by atoms with van der Waals surface area (Å²) in [7, 11) is 0. The molecule has 3 aromatic rings. The number of rotatable bonds is 5. The molecule has 0 saturated carbocycles. The Bertz CT molecular complexity index is 1090. The third-order valence-corrected chi connectivity index (χ3v) is 6.72. The summed E-state index contributed by atoms with van der Waals surface area (Å²) in [6.07, 6.45) is 2.12. The fourth-order valence-electron chi connectivity index (χ4n) is 4.21. The first kappa shape index (κ1) is 20.5. The third-order valence-electron chi connectivity index (χ3n) is 5.88. The largest absolute Gasteiger partial charge is 0.310 e. The zero-order valence-electron chi connectivity index (χ0n) is 16.3. The molecule has 0 fully saturated rings. The zero-order chi connectivity index (χ0) is 20.8. The van der Waals surface area contributed by atoms with Gasteiger partial charge in [0.2, 0.25) is 5.95 Å². The quantitative estimate of drug-likeness (QED) is 0.382. The zero-order valence-corrected chi connectivity index (χ0v) is 18.5. The molecule has 0 atom stereocenters. The Labute approximate surface area is 184 Å². The standard InChI is InChI=1S/C21H21Cl3N4O/c1-3-21(4-2,26-29)14-7-8-15(23)18-19(14)28-11-5-10-27(20(28)25-18)17-9-6-13(22)12-16(17)24/h6-9,12H,3-5,10-11H2,1-2H3. The first-order valence-corrected chi connectivity index (χ1v) is 10.9. The molecular weight excluding hydrogens is 431 g/mol. The van der Waals surface area contributed by atoms with Gasteiger partial charge in [0.1, 0.15) is 11.1 Å². The highest BCUT2D eigenvalue weighted by atomic mass is 35.5. The Morgan fingerprint density at radius 1 is 1.07 bits per heavy atom. The third kappa shape index (κ3) is 3.20. The van der Waals surface area contributed by atoms with Gasteiger partial charge in [-0.1, -0.05) is 59.9 Å². The molecule has 1 aliphatic rings. The topological polar surface area (TPSA) is 50.5 Å². The van der Waals surface area contributed by atoms with Gasteiger partial charge in [0, 0.05) is 23.7 Å². The average molecular weight is 452 g/mol. The first-order valence-electron chi connectivity index (χ1n) is 9.72. The van der Waals surface area contributed by atoms with E-state index in [4.69, 9.17) is 39.8 Å². The lowest BCUT2D eigenvalue weighted by molar-refractivity contribution is 0.413. The van der Waals surface area contributed by atoms with E-state index < -0.39 is 5.54 Å². The molecule has 0 N–H and O–H groups in total. The minimum Gasteiger partial charge on any atom is -0.310 e. The van der Waals surface area contributed by atoms with Crippen LogP contribution in [0.1, 0.15) is 38.7 Å². The molecule has 152 valence electrons. The maximum atomic E-state index is 11.9. The second-order valence-corrected chi connectivity index (χ2v) is 8.54. The molecule has 0 unspecified atom stereocenters. The lowest BCUT2D eigenvalue weighted by atomic mass is 9.85. The molecule has 0 radical (unpaired) electrons. The number of hydrogen-bond donors (Lipinski definition) is 0. The lowest BCUT2D eigenvalue weighted by Gasteiger charge is -2.31. The molecule has 2 aromatic carbocycles. The number of fused-ring (bicyclic) bond motifs is 3. The van der Waals surface area contributed by atoms with Crippen molar-refractivity contribution in [1.82, 2.24) is 9.55 Å². The number of imidazole rings is 1. The van der Waals surface area contributed by atoms with Crippen LogP contribution in [-0.2, 0) is 12.1 Å². The van der Waals surface area contributed by atoms with Gasteiger partial charge in [-0.05, 0) is 43.5 Å². The number of aryl methyl sites for hydroxylation is 1. The normalized spacial score (nSPS) is 14.3. The van der Waals surface area contributed by atoms with Crippen molar-refractivity contribution in [1.29, 1.82) is 0 Å². The first-order chi connectivity index (χ1) is 14.0. The average Bonchev–Trinajstić information content (AvgIpc) is 3.12. The number of nitrogens with zero attached hydrogens (tertiary/aromatic N) is 4. The molecule has 0 amide bonds. The number of nitroso groups, excluding NO2 is 1. The van der Waals surface area contributed by atoms with Crippen LogP contribution >= 0.6 is 34.8 Å². The van der Waals surface area contributed by atoms with E-state index in [-0.39, 0.29) is 0 Å². The van der Waals surface area contributed by atoms with Crippen molar-refractivity contribution in [3.05, 3.63) is 55.9 Å². The highest BCUT2D eigenvalue weighted by Crippen LogP contribution is 2.43. The molecule has 0 spiro atoms. The molecule has 29 heavy (non-hydrogen) atoms.